The molecule has 0 N–H and O–H groups in total. The lowest BCUT2D eigenvalue weighted by molar-refractivity contribution is 0.0732. The predicted octanol–water partition coefficient (Wildman–Crippen LogP) is 4.84. The van der Waals surface area contributed by atoms with Crippen molar-refractivity contribution in [2.75, 3.05) is 45.4 Å². The summed E-state index contributed by atoms with van der Waals surface area (Å²) < 4.78 is 17.1. The Balaban J connectivity index is 1.37. The largest absolute Gasteiger partial charge is 0.454 e. The summed E-state index contributed by atoms with van der Waals surface area (Å²) in [5.41, 5.74) is 5.84. The van der Waals surface area contributed by atoms with Gasteiger partial charge < -0.3 is 28.7 Å². The first-order valence-electron chi connectivity index (χ1n) is 13.3. The first-order chi connectivity index (χ1) is 19.1. The van der Waals surface area contributed by atoms with E-state index in [0.717, 1.165) is 42.2 Å². The molecule has 0 unspecified atom stereocenters. The van der Waals surface area contributed by atoms with Gasteiger partial charge >= 0.3 is 0 Å². The van der Waals surface area contributed by atoms with Gasteiger partial charge in [-0.2, -0.15) is 0 Å². The number of benzene rings is 3. The molecule has 6 rings (SSSR count). The molecule has 1 amide bonds. The summed E-state index contributed by atoms with van der Waals surface area (Å²) in [7, 11) is 4.02. The number of hydrogen-bond donors (Lipinski definition) is 0. The van der Waals surface area contributed by atoms with Crippen molar-refractivity contribution < 1.29 is 18.8 Å². The van der Waals surface area contributed by atoms with E-state index in [1.807, 2.05) is 49.3 Å². The van der Waals surface area contributed by atoms with Crippen molar-refractivity contribution in [2.24, 2.45) is 0 Å². The minimum atomic E-state index is -0.0784. The molecule has 3 heterocycles. The van der Waals surface area contributed by atoms with Gasteiger partial charge in [0.2, 0.25) is 12.7 Å². The van der Waals surface area contributed by atoms with Crippen LogP contribution in [0.2, 0.25) is 0 Å². The van der Waals surface area contributed by atoms with E-state index < -0.39 is 0 Å². The summed E-state index contributed by atoms with van der Waals surface area (Å²) in [5, 5.41) is 4.54. The number of likely N-dealkylation sites (N-methyl/N-ethyl adjacent to an activating group) is 1. The molecule has 2 aliphatic heterocycles. The average molecular weight is 525 g/mol. The van der Waals surface area contributed by atoms with Crippen LogP contribution >= 0.6 is 0 Å². The molecular weight excluding hydrogens is 492 g/mol. The summed E-state index contributed by atoms with van der Waals surface area (Å²) in [5.74, 6) is 1.89. The van der Waals surface area contributed by atoms with E-state index in [1.165, 1.54) is 11.1 Å². The molecule has 39 heavy (non-hydrogen) atoms. The fourth-order valence-corrected chi connectivity index (χ4v) is 5.16. The molecule has 0 bridgehead atoms. The minimum Gasteiger partial charge on any atom is -0.454 e. The lowest BCUT2D eigenvalue weighted by Crippen LogP contribution is -2.37. The van der Waals surface area contributed by atoms with E-state index in [4.69, 9.17) is 14.0 Å². The van der Waals surface area contributed by atoms with Crippen LogP contribution < -0.4 is 14.4 Å². The number of amides is 1. The first kappa shape index (κ1) is 25.0. The highest BCUT2D eigenvalue weighted by Gasteiger charge is 2.29. The molecule has 1 aromatic heterocycles. The molecular formula is C31H32N4O4. The van der Waals surface area contributed by atoms with Crippen LogP contribution in [-0.2, 0) is 19.5 Å². The zero-order chi connectivity index (χ0) is 26.8. The first-order valence-corrected chi connectivity index (χ1v) is 13.3. The molecule has 0 radical (unpaired) electrons. The van der Waals surface area contributed by atoms with Crippen molar-refractivity contribution in [1.29, 1.82) is 0 Å². The number of fused-ring (bicyclic) bond motifs is 2. The SMILES string of the molecule is CN(C)CCN(Cc1c(-c2ccccc2)noc1N1CCc2ccccc2C1)C(=O)c1ccc2c(c1)OCO2. The maximum atomic E-state index is 13.9. The third-order valence-corrected chi connectivity index (χ3v) is 7.31. The second kappa shape index (κ2) is 10.8. The quantitative estimate of drug-likeness (QED) is 0.327. The minimum absolute atomic E-state index is 0.0784. The van der Waals surface area contributed by atoms with Gasteiger partial charge in [-0.1, -0.05) is 59.8 Å². The number of anilines is 1. The van der Waals surface area contributed by atoms with Gasteiger partial charge in [0.05, 0.1) is 12.1 Å². The normalized spacial score (nSPS) is 14.0. The molecule has 8 heteroatoms. The van der Waals surface area contributed by atoms with Crippen LogP contribution in [0.25, 0.3) is 11.3 Å². The van der Waals surface area contributed by atoms with Crippen molar-refractivity contribution >= 4 is 11.8 Å². The summed E-state index contributed by atoms with van der Waals surface area (Å²) in [6.07, 6.45) is 0.928. The average Bonchev–Trinajstić information content (AvgIpc) is 3.61. The van der Waals surface area contributed by atoms with Crippen LogP contribution in [0.4, 0.5) is 5.88 Å². The lowest BCUT2D eigenvalue weighted by atomic mass is 9.99. The number of ether oxygens (including phenoxy) is 2. The number of carbonyl (C=O) groups excluding carboxylic acids is 1. The smallest absolute Gasteiger partial charge is 0.254 e. The molecule has 4 aromatic rings. The summed E-state index contributed by atoms with van der Waals surface area (Å²) in [4.78, 5) is 20.1. The van der Waals surface area contributed by atoms with Crippen LogP contribution in [0.5, 0.6) is 11.5 Å². The Morgan fingerprint density at radius 1 is 0.923 bits per heavy atom. The van der Waals surface area contributed by atoms with Crippen molar-refractivity contribution in [3.63, 3.8) is 0 Å². The van der Waals surface area contributed by atoms with Crippen LogP contribution in [0, 0.1) is 0 Å². The Kier molecular flexibility index (Phi) is 6.94. The highest BCUT2D eigenvalue weighted by Crippen LogP contribution is 2.36. The van der Waals surface area contributed by atoms with E-state index in [-0.39, 0.29) is 12.7 Å². The molecule has 8 nitrogen and oxygen atoms in total. The number of carbonyl (C=O) groups is 1. The second-order valence-electron chi connectivity index (χ2n) is 10.2. The second-order valence-corrected chi connectivity index (χ2v) is 10.2. The molecule has 0 saturated heterocycles. The van der Waals surface area contributed by atoms with E-state index in [1.54, 1.807) is 18.2 Å². The maximum absolute atomic E-state index is 13.9. The van der Waals surface area contributed by atoms with Gasteiger partial charge in [-0.25, -0.2) is 0 Å². The molecule has 0 spiro atoms. The fraction of sp³-hybridized carbons (Fsp3) is 0.290. The third kappa shape index (κ3) is 5.20. The molecule has 0 atom stereocenters. The van der Waals surface area contributed by atoms with Gasteiger partial charge in [0, 0.05) is 37.3 Å². The van der Waals surface area contributed by atoms with Gasteiger partial charge in [-0.05, 0) is 49.8 Å². The Morgan fingerprint density at radius 2 is 1.69 bits per heavy atom. The zero-order valence-corrected chi connectivity index (χ0v) is 22.3. The van der Waals surface area contributed by atoms with Gasteiger partial charge in [0.15, 0.2) is 11.5 Å². The van der Waals surface area contributed by atoms with E-state index in [9.17, 15) is 4.79 Å². The summed E-state index contributed by atoms with van der Waals surface area (Å²) in [6, 6.07) is 23.9. The standard InChI is InChI=1S/C31H32N4O4/c1-33(2)16-17-34(30(36)24-12-13-27-28(18-24)38-21-37-27)20-26-29(23-9-4-3-5-10-23)32-39-31(26)35-15-14-22-8-6-7-11-25(22)19-35/h3-13,18H,14-17,19-21H2,1-2H3. The third-order valence-electron chi connectivity index (χ3n) is 7.31. The number of hydrogen-bond acceptors (Lipinski definition) is 7. The number of nitrogens with zero attached hydrogens (tertiary/aromatic N) is 4. The molecule has 0 saturated carbocycles. The Labute approximate surface area is 228 Å². The van der Waals surface area contributed by atoms with Crippen molar-refractivity contribution in [3.05, 3.63) is 95.1 Å². The maximum Gasteiger partial charge on any atom is 0.254 e. The van der Waals surface area contributed by atoms with E-state index in [2.05, 4.69) is 39.2 Å². The van der Waals surface area contributed by atoms with Crippen LogP contribution in [0.3, 0.4) is 0 Å². The topological polar surface area (TPSA) is 71.3 Å². The zero-order valence-electron chi connectivity index (χ0n) is 22.3. The van der Waals surface area contributed by atoms with Crippen LogP contribution in [-0.4, -0.2) is 61.4 Å². The Hall–Kier alpha value is -4.30. The van der Waals surface area contributed by atoms with Crippen molar-refractivity contribution in [1.82, 2.24) is 15.0 Å². The Morgan fingerprint density at radius 3 is 2.51 bits per heavy atom. The molecule has 2 aliphatic rings. The highest BCUT2D eigenvalue weighted by molar-refractivity contribution is 5.95. The van der Waals surface area contributed by atoms with E-state index in [0.29, 0.717) is 36.7 Å². The summed E-state index contributed by atoms with van der Waals surface area (Å²) in [6.45, 7) is 3.35. The van der Waals surface area contributed by atoms with Crippen LogP contribution in [0.15, 0.2) is 77.3 Å². The van der Waals surface area contributed by atoms with Crippen LogP contribution in [0.1, 0.15) is 27.0 Å². The van der Waals surface area contributed by atoms with E-state index >= 15 is 0 Å². The van der Waals surface area contributed by atoms with Crippen molar-refractivity contribution in [2.45, 2.75) is 19.5 Å². The molecule has 3 aromatic carbocycles. The lowest BCUT2D eigenvalue weighted by Gasteiger charge is -2.30. The predicted molar refractivity (Wildman–Crippen MR) is 149 cm³/mol. The van der Waals surface area contributed by atoms with Crippen molar-refractivity contribution in [3.8, 4) is 22.8 Å². The molecule has 0 aliphatic carbocycles. The Bertz CT molecular complexity index is 1470. The van der Waals surface area contributed by atoms with Gasteiger partial charge in [-0.3, -0.25) is 4.79 Å². The van der Waals surface area contributed by atoms with Gasteiger partial charge in [0.25, 0.3) is 5.91 Å². The fourth-order valence-electron chi connectivity index (χ4n) is 5.16. The number of rotatable bonds is 8. The number of aromatic nitrogens is 1. The molecule has 200 valence electrons. The molecule has 0 fully saturated rings. The summed E-state index contributed by atoms with van der Waals surface area (Å²) >= 11 is 0. The monoisotopic (exact) mass is 524 g/mol. The highest BCUT2D eigenvalue weighted by atomic mass is 16.7. The van der Waals surface area contributed by atoms with Gasteiger partial charge in [-0.15, -0.1) is 0 Å². The van der Waals surface area contributed by atoms with Gasteiger partial charge in [0.1, 0.15) is 5.69 Å².